The molecule has 6 aliphatic carbocycles. The molecular formula is C120H107BrN2. The predicted octanol–water partition coefficient (Wildman–Crippen LogP) is 32.9. The Morgan fingerprint density at radius 3 is 1.02 bits per heavy atom. The lowest BCUT2D eigenvalue weighted by Gasteiger charge is -2.33. The lowest BCUT2D eigenvalue weighted by molar-refractivity contribution is 0.588. The lowest BCUT2D eigenvalue weighted by atomic mass is 9.69. The van der Waals surface area contributed by atoms with Gasteiger partial charge in [-0.2, -0.15) is 0 Å². The van der Waals surface area contributed by atoms with E-state index in [1.54, 1.807) is 13.8 Å². The topological polar surface area (TPSA) is 15.3 Å². The minimum absolute atomic E-state index is 0.00732. The molecule has 0 radical (unpaired) electrons. The number of halogens is 1. The number of rotatable bonds is 7. The van der Waals surface area contributed by atoms with Crippen LogP contribution in [0.2, 0.25) is 0 Å². The molecule has 22 rings (SSSR count). The van der Waals surface area contributed by atoms with Gasteiger partial charge in [-0.3, -0.25) is 0 Å². The third-order valence-corrected chi connectivity index (χ3v) is 28.2. The molecule has 16 aromatic carbocycles. The van der Waals surface area contributed by atoms with Crippen molar-refractivity contribution in [1.82, 2.24) is 0 Å². The molecule has 0 bridgehead atoms. The van der Waals surface area contributed by atoms with Crippen LogP contribution in [-0.4, -0.2) is 0 Å². The van der Waals surface area contributed by atoms with Crippen LogP contribution in [0.5, 0.6) is 0 Å². The van der Waals surface area contributed by atoms with E-state index in [4.69, 9.17) is 8.22 Å². The summed E-state index contributed by atoms with van der Waals surface area (Å²) in [5.74, 6) is 0. The van der Waals surface area contributed by atoms with Gasteiger partial charge in [-0.15, -0.1) is 0 Å². The van der Waals surface area contributed by atoms with Gasteiger partial charge in [0.15, 0.2) is 0 Å². The highest BCUT2D eigenvalue weighted by atomic mass is 79.9. The zero-order chi connectivity index (χ0) is 90.2. The molecule has 0 saturated heterocycles. The zero-order valence-corrected chi connectivity index (χ0v) is 74.4. The van der Waals surface area contributed by atoms with E-state index in [2.05, 4.69) is 399 Å². The van der Waals surface area contributed by atoms with Gasteiger partial charge >= 0.3 is 0 Å². The van der Waals surface area contributed by atoms with Crippen LogP contribution in [0.3, 0.4) is 0 Å². The number of fused-ring (bicyclic) bond motifs is 26. The molecule has 0 aliphatic heterocycles. The van der Waals surface area contributed by atoms with E-state index >= 15 is 0 Å². The van der Waals surface area contributed by atoms with Crippen molar-refractivity contribution in [2.75, 3.05) is 10.2 Å². The fourth-order valence-electron chi connectivity index (χ4n) is 21.4. The number of nitrogens with one attached hydrogen (secondary N) is 1. The summed E-state index contributed by atoms with van der Waals surface area (Å²) in [6, 6.07) is 129. The van der Waals surface area contributed by atoms with Crippen LogP contribution >= 0.6 is 15.9 Å². The number of hydrogen-bond donors (Lipinski definition) is 1. The Balaban J connectivity index is 0.000000134. The summed E-state index contributed by atoms with van der Waals surface area (Å²) in [5, 5.41) is 3.64. The molecule has 2 atom stereocenters. The van der Waals surface area contributed by atoms with E-state index < -0.39 is 29.9 Å². The molecule has 2 unspecified atom stereocenters. The van der Waals surface area contributed by atoms with Crippen molar-refractivity contribution >= 4 is 44.4 Å². The van der Waals surface area contributed by atoms with E-state index in [0.29, 0.717) is 0 Å². The molecule has 3 heteroatoms. The van der Waals surface area contributed by atoms with Crippen molar-refractivity contribution in [3.63, 3.8) is 0 Å². The fourth-order valence-corrected chi connectivity index (χ4v) is 21.8. The highest BCUT2D eigenvalue weighted by Crippen LogP contribution is 2.66. The molecule has 16 aromatic rings. The number of anilines is 5. The van der Waals surface area contributed by atoms with Gasteiger partial charge in [0.2, 0.25) is 0 Å². The second-order valence-electron chi connectivity index (χ2n) is 38.9. The van der Waals surface area contributed by atoms with Gasteiger partial charge in [-0.25, -0.2) is 0 Å². The molecule has 2 spiro atoms. The van der Waals surface area contributed by atoms with Crippen LogP contribution in [-0.2, 0) is 43.3 Å². The number of hydrogen-bond acceptors (Lipinski definition) is 2. The van der Waals surface area contributed by atoms with Crippen molar-refractivity contribution in [3.8, 4) is 89.0 Å². The third-order valence-electron chi connectivity index (χ3n) is 27.7. The first kappa shape index (κ1) is 72.3. The largest absolute Gasteiger partial charge is 0.355 e. The minimum Gasteiger partial charge on any atom is -0.355 e. The van der Waals surface area contributed by atoms with Gasteiger partial charge < -0.3 is 10.2 Å². The molecule has 6 aliphatic rings. The van der Waals surface area contributed by atoms with Gasteiger partial charge in [-0.1, -0.05) is 418 Å². The van der Waals surface area contributed by atoms with Crippen molar-refractivity contribution in [2.24, 2.45) is 0 Å². The Kier molecular flexibility index (Phi) is 17.0. The Morgan fingerprint density at radius 1 is 0.252 bits per heavy atom. The smallest absolute Gasteiger partial charge is 0.0726 e. The number of nitrogens with zero attached hydrogens (tertiary/aromatic N) is 1. The quantitative estimate of drug-likeness (QED) is 0.171. The second kappa shape index (κ2) is 28.9. The van der Waals surface area contributed by atoms with Gasteiger partial charge in [0.05, 0.1) is 16.5 Å². The van der Waals surface area contributed by atoms with Gasteiger partial charge in [0, 0.05) is 57.4 Å². The molecular weight excluding hydrogens is 1550 g/mol. The average molecular weight is 1660 g/mol. The van der Waals surface area contributed by atoms with Gasteiger partial charge in [0.1, 0.15) is 0 Å². The van der Waals surface area contributed by atoms with Crippen molar-refractivity contribution in [2.45, 2.75) is 154 Å². The summed E-state index contributed by atoms with van der Waals surface area (Å²) in [5.41, 5.74) is 42.9. The number of benzene rings is 16. The van der Waals surface area contributed by atoms with Crippen molar-refractivity contribution in [3.05, 3.63) is 445 Å². The predicted molar refractivity (Wildman–Crippen MR) is 525 cm³/mol. The molecule has 0 fully saturated rings. The number of para-hydroxylation sites is 2. The van der Waals surface area contributed by atoms with E-state index in [1.165, 1.54) is 145 Å². The SMILES string of the molecule is CC(C)(C)c1ccc2c(c1)C1(c3ccccc3-c3ccc(Br)cc31)c1ccccc1-2.[2H]C([2H])([2H])C(C)(C)c1ccc(-c2ccccc2N(c2ccc3c(c2)-c2ccccc2C3(C)C)c2ccc3c(c2)C2(c4ccccc4-3)c3ccccc3-c3ccc(C(C)(C)C)cc32)cc1.[2H]C([2H])([2H])C(C)(C)c1ccc(-c2ccccc2Nc2ccc3c(c2)-c2ccccc2C3(C)C)cc1. The normalized spacial score (nSPS) is 17.1. The van der Waals surface area contributed by atoms with E-state index in [1.807, 2.05) is 62.4 Å². The van der Waals surface area contributed by atoms with Crippen LogP contribution in [0.1, 0.15) is 208 Å². The van der Waals surface area contributed by atoms with Crippen LogP contribution in [0.15, 0.2) is 356 Å². The summed E-state index contributed by atoms with van der Waals surface area (Å²) >= 11 is 3.77. The molecule has 0 heterocycles. The molecule has 0 aromatic heterocycles. The van der Waals surface area contributed by atoms with Gasteiger partial charge in [0.25, 0.3) is 0 Å². The summed E-state index contributed by atoms with van der Waals surface area (Å²) in [6.07, 6.45) is 0. The molecule has 123 heavy (non-hydrogen) atoms. The Bertz CT molecular complexity index is 7200. The van der Waals surface area contributed by atoms with Crippen LogP contribution in [0, 0.1) is 0 Å². The second-order valence-corrected chi connectivity index (χ2v) is 39.8. The van der Waals surface area contributed by atoms with E-state index in [9.17, 15) is 0 Å². The maximum Gasteiger partial charge on any atom is 0.0726 e. The van der Waals surface area contributed by atoms with Crippen LogP contribution in [0.4, 0.5) is 28.4 Å². The standard InChI is InChI=1S/C60H53N.C31H31N.C29H23Br/c1-57(2,3)39-27-25-38(26-28-39)43-17-12-16-24-56(43)61(41-31-34-51-49(36-41)46-20-9-13-21-50(46)59(51,7)8)42-30-33-48-45-19-11-15-23-53(45)60(55(48)37-42)52-22-14-10-18-44(52)47-32-29-40(35-54(47)60)58(4,5)6;1-30(2,3)22-16-14-21(15-17-22)24-10-7-9-13-29(24)32-23-18-19-28-26(20-23)25-11-6-8-12-27(25)31(28,4)5;1-28(2,3)18-12-14-22-20-8-4-6-10-24(20)29(26(22)16-18)25-11-7-5-9-21(25)23-15-13-19(30)17-27(23)29/h9-37H,1-8H3;6-20,32H,1-5H3;4-17H,1-3H3/i2*1D3;. The van der Waals surface area contributed by atoms with Crippen molar-refractivity contribution < 1.29 is 8.22 Å². The van der Waals surface area contributed by atoms with Crippen molar-refractivity contribution in [1.29, 1.82) is 0 Å². The maximum atomic E-state index is 8.29. The first-order valence-corrected chi connectivity index (χ1v) is 44.3. The summed E-state index contributed by atoms with van der Waals surface area (Å²) in [7, 11) is 0. The Labute approximate surface area is 746 Å². The molecule has 0 saturated carbocycles. The summed E-state index contributed by atoms with van der Waals surface area (Å²) < 4.78 is 49.7. The van der Waals surface area contributed by atoms with Crippen LogP contribution in [0.25, 0.3) is 89.0 Å². The highest BCUT2D eigenvalue weighted by Gasteiger charge is 2.54. The lowest BCUT2D eigenvalue weighted by Crippen LogP contribution is -2.27. The maximum absolute atomic E-state index is 8.29. The first-order chi connectivity index (χ1) is 61.4. The summed E-state index contributed by atoms with van der Waals surface area (Å²) in [4.78, 5) is 2.45. The minimum atomic E-state index is -2.14. The highest BCUT2D eigenvalue weighted by molar-refractivity contribution is 9.10. The fraction of sp³-hybridized carbons (Fsp3) is 0.200. The zero-order valence-electron chi connectivity index (χ0n) is 78.8. The average Bonchev–Trinajstić information content (AvgIpc) is 1.51. The molecule has 604 valence electrons. The molecule has 0 amide bonds. The summed E-state index contributed by atoms with van der Waals surface area (Å²) in [6.45, 7) is 26.1. The van der Waals surface area contributed by atoms with Gasteiger partial charge in [-0.05, 0) is 249 Å². The van der Waals surface area contributed by atoms with E-state index in [0.717, 1.165) is 66.3 Å². The Morgan fingerprint density at radius 2 is 0.569 bits per heavy atom. The monoisotopic (exact) mass is 1660 g/mol. The van der Waals surface area contributed by atoms with Crippen LogP contribution < -0.4 is 10.2 Å². The third kappa shape index (κ3) is 12.6. The van der Waals surface area contributed by atoms with E-state index in [-0.39, 0.29) is 27.1 Å². The molecule has 1 N–H and O–H groups in total. The molecule has 2 nitrogen and oxygen atoms in total. The Hall–Kier alpha value is -12.4. The first-order valence-electron chi connectivity index (χ1n) is 46.5.